The molecule has 1 saturated heterocycles. The van der Waals surface area contributed by atoms with Crippen molar-refractivity contribution in [3.8, 4) is 0 Å². The molecule has 0 aliphatic carbocycles. The van der Waals surface area contributed by atoms with Gasteiger partial charge in [-0.25, -0.2) is 0 Å². The summed E-state index contributed by atoms with van der Waals surface area (Å²) in [6.45, 7) is 2.24. The van der Waals surface area contributed by atoms with Gasteiger partial charge in [0, 0.05) is 6.42 Å². The lowest BCUT2D eigenvalue weighted by molar-refractivity contribution is -0.140. The van der Waals surface area contributed by atoms with Crippen molar-refractivity contribution >= 4 is 5.97 Å². The Balaban J connectivity index is 1.80. The molecule has 1 fully saturated rings. The minimum atomic E-state index is -0.0850. The Morgan fingerprint density at radius 3 is 2.55 bits per heavy atom. The fraction of sp³-hybridized carbons (Fsp3) is 0.842. The summed E-state index contributed by atoms with van der Waals surface area (Å²) < 4.78 is 10.3. The molecule has 2 atom stereocenters. The summed E-state index contributed by atoms with van der Waals surface area (Å²) in [4.78, 5) is 10.9. The first kappa shape index (κ1) is 19.2. The van der Waals surface area contributed by atoms with Crippen LogP contribution in [-0.2, 0) is 14.3 Å². The molecule has 128 valence electrons. The van der Waals surface area contributed by atoms with Crippen molar-refractivity contribution in [3.63, 3.8) is 0 Å². The van der Waals surface area contributed by atoms with Crippen molar-refractivity contribution in [2.75, 3.05) is 7.11 Å². The molecular formula is C19H34O3. The standard InChI is InChI=1S/C19H34O3/c1-3-4-11-14-17-18(22-17)15-12-9-7-5-6-8-10-13-16-19(20)21-2/h9,12,17-18H,3-8,10-11,13-16H2,1-2H3/b12-9+/t17-,18+/m0/s1. The average Bonchev–Trinajstić information content (AvgIpc) is 3.27. The highest BCUT2D eigenvalue weighted by Crippen LogP contribution is 2.30. The van der Waals surface area contributed by atoms with Crippen molar-refractivity contribution in [1.29, 1.82) is 0 Å². The normalized spacial score (nSPS) is 20.5. The molecule has 1 rings (SSSR count). The summed E-state index contributed by atoms with van der Waals surface area (Å²) in [6.07, 6.45) is 19.5. The van der Waals surface area contributed by atoms with Crippen LogP contribution in [-0.4, -0.2) is 25.3 Å². The fourth-order valence-corrected chi connectivity index (χ4v) is 2.75. The maximum atomic E-state index is 10.9. The van der Waals surface area contributed by atoms with Crippen LogP contribution in [0.15, 0.2) is 12.2 Å². The second kappa shape index (κ2) is 12.7. The van der Waals surface area contributed by atoms with Gasteiger partial charge in [0.05, 0.1) is 19.3 Å². The lowest BCUT2D eigenvalue weighted by Crippen LogP contribution is -1.99. The number of ether oxygens (including phenoxy) is 2. The summed E-state index contributed by atoms with van der Waals surface area (Å²) >= 11 is 0. The van der Waals surface area contributed by atoms with Crippen LogP contribution in [0.5, 0.6) is 0 Å². The predicted molar refractivity (Wildman–Crippen MR) is 90.9 cm³/mol. The highest BCUT2D eigenvalue weighted by atomic mass is 16.6. The summed E-state index contributed by atoms with van der Waals surface area (Å²) in [6, 6.07) is 0. The van der Waals surface area contributed by atoms with E-state index in [1.807, 2.05) is 0 Å². The Hall–Kier alpha value is -0.830. The smallest absolute Gasteiger partial charge is 0.305 e. The number of epoxide rings is 1. The molecular weight excluding hydrogens is 276 g/mol. The van der Waals surface area contributed by atoms with Gasteiger partial charge in [-0.05, 0) is 32.1 Å². The van der Waals surface area contributed by atoms with E-state index in [4.69, 9.17) is 4.74 Å². The number of carbonyl (C=O) groups excluding carboxylic acids is 1. The van der Waals surface area contributed by atoms with Crippen LogP contribution in [0.1, 0.15) is 84.0 Å². The van der Waals surface area contributed by atoms with E-state index >= 15 is 0 Å². The van der Waals surface area contributed by atoms with Crippen LogP contribution in [0.25, 0.3) is 0 Å². The third-order valence-electron chi connectivity index (χ3n) is 4.29. The zero-order valence-electron chi connectivity index (χ0n) is 14.5. The number of hydrogen-bond donors (Lipinski definition) is 0. The van der Waals surface area contributed by atoms with Gasteiger partial charge in [-0.2, -0.15) is 0 Å². The third-order valence-corrected chi connectivity index (χ3v) is 4.29. The molecule has 0 spiro atoms. The number of allylic oxidation sites excluding steroid dienone is 1. The largest absolute Gasteiger partial charge is 0.469 e. The molecule has 0 bridgehead atoms. The van der Waals surface area contributed by atoms with E-state index in [2.05, 4.69) is 23.8 Å². The molecule has 1 aliphatic heterocycles. The van der Waals surface area contributed by atoms with Gasteiger partial charge in [-0.1, -0.05) is 57.6 Å². The molecule has 3 heteroatoms. The predicted octanol–water partition coefficient (Wildman–Crippen LogP) is 5.18. The Labute approximate surface area is 136 Å². The van der Waals surface area contributed by atoms with E-state index in [1.54, 1.807) is 0 Å². The molecule has 0 aromatic rings. The van der Waals surface area contributed by atoms with Gasteiger partial charge in [-0.3, -0.25) is 4.79 Å². The second-order valence-electron chi connectivity index (χ2n) is 6.30. The van der Waals surface area contributed by atoms with Gasteiger partial charge in [-0.15, -0.1) is 0 Å². The molecule has 0 amide bonds. The zero-order valence-corrected chi connectivity index (χ0v) is 14.5. The van der Waals surface area contributed by atoms with Crippen LogP contribution in [0.2, 0.25) is 0 Å². The first-order valence-electron chi connectivity index (χ1n) is 9.15. The van der Waals surface area contributed by atoms with Gasteiger partial charge < -0.3 is 9.47 Å². The molecule has 3 nitrogen and oxygen atoms in total. The SMILES string of the molecule is CCCCC[C@@H]1O[C@@H]1C/C=C/CCCCCCCC(=O)OC. The van der Waals surface area contributed by atoms with Crippen LogP contribution in [0.4, 0.5) is 0 Å². The van der Waals surface area contributed by atoms with Crippen molar-refractivity contribution in [2.24, 2.45) is 0 Å². The van der Waals surface area contributed by atoms with E-state index in [0.717, 1.165) is 19.3 Å². The van der Waals surface area contributed by atoms with E-state index in [0.29, 0.717) is 18.6 Å². The average molecular weight is 310 g/mol. The van der Waals surface area contributed by atoms with E-state index < -0.39 is 0 Å². The number of esters is 1. The molecule has 22 heavy (non-hydrogen) atoms. The van der Waals surface area contributed by atoms with Crippen LogP contribution in [0, 0.1) is 0 Å². The second-order valence-corrected chi connectivity index (χ2v) is 6.30. The zero-order chi connectivity index (χ0) is 16.0. The Morgan fingerprint density at radius 1 is 1.00 bits per heavy atom. The molecule has 0 radical (unpaired) electrons. The van der Waals surface area contributed by atoms with Gasteiger partial charge in [0.1, 0.15) is 0 Å². The van der Waals surface area contributed by atoms with Crippen molar-refractivity contribution in [2.45, 2.75) is 96.2 Å². The van der Waals surface area contributed by atoms with Gasteiger partial charge in [0.2, 0.25) is 0 Å². The van der Waals surface area contributed by atoms with Crippen LogP contribution < -0.4 is 0 Å². The van der Waals surface area contributed by atoms with Gasteiger partial charge in [0.25, 0.3) is 0 Å². The molecule has 1 aliphatic rings. The Bertz CT molecular complexity index is 312. The van der Waals surface area contributed by atoms with E-state index in [9.17, 15) is 4.79 Å². The first-order chi connectivity index (χ1) is 10.8. The molecule has 0 N–H and O–H groups in total. The third kappa shape index (κ3) is 9.99. The van der Waals surface area contributed by atoms with Gasteiger partial charge in [0.15, 0.2) is 0 Å². The summed E-state index contributed by atoms with van der Waals surface area (Å²) in [5.41, 5.74) is 0. The minimum absolute atomic E-state index is 0.0850. The van der Waals surface area contributed by atoms with E-state index in [-0.39, 0.29) is 5.97 Å². The number of rotatable bonds is 14. The lowest BCUT2D eigenvalue weighted by atomic mass is 10.1. The van der Waals surface area contributed by atoms with Crippen molar-refractivity contribution in [1.82, 2.24) is 0 Å². The molecule has 0 saturated carbocycles. The number of hydrogen-bond acceptors (Lipinski definition) is 3. The quantitative estimate of drug-likeness (QED) is 0.192. The molecule has 0 aromatic heterocycles. The maximum Gasteiger partial charge on any atom is 0.305 e. The summed E-state index contributed by atoms with van der Waals surface area (Å²) in [7, 11) is 1.45. The molecule has 0 aromatic carbocycles. The van der Waals surface area contributed by atoms with Crippen LogP contribution in [0.3, 0.4) is 0 Å². The topological polar surface area (TPSA) is 38.8 Å². The monoisotopic (exact) mass is 310 g/mol. The Kier molecular flexibility index (Phi) is 11.1. The number of carbonyl (C=O) groups is 1. The van der Waals surface area contributed by atoms with Gasteiger partial charge >= 0.3 is 5.97 Å². The highest BCUT2D eigenvalue weighted by Gasteiger charge is 2.36. The van der Waals surface area contributed by atoms with Crippen LogP contribution >= 0.6 is 0 Å². The fourth-order valence-electron chi connectivity index (χ4n) is 2.75. The van der Waals surface area contributed by atoms with Crippen molar-refractivity contribution < 1.29 is 14.3 Å². The number of methoxy groups -OCH3 is 1. The maximum absolute atomic E-state index is 10.9. The van der Waals surface area contributed by atoms with Crippen molar-refractivity contribution in [3.05, 3.63) is 12.2 Å². The minimum Gasteiger partial charge on any atom is -0.469 e. The first-order valence-corrected chi connectivity index (χ1v) is 9.15. The van der Waals surface area contributed by atoms with E-state index in [1.165, 1.54) is 58.5 Å². The molecule has 1 heterocycles. The number of unbranched alkanes of at least 4 members (excludes halogenated alkanes) is 7. The molecule has 0 unspecified atom stereocenters. The highest BCUT2D eigenvalue weighted by molar-refractivity contribution is 5.68. The summed E-state index contributed by atoms with van der Waals surface area (Å²) in [5.74, 6) is -0.0850. The Morgan fingerprint density at radius 2 is 1.77 bits per heavy atom. The lowest BCUT2D eigenvalue weighted by Gasteiger charge is -2.00. The summed E-state index contributed by atoms with van der Waals surface area (Å²) in [5, 5.41) is 0.